The molecule has 0 aromatic heterocycles. The molecule has 1 amide bonds. The van der Waals surface area contributed by atoms with E-state index in [4.69, 9.17) is 5.11 Å². The summed E-state index contributed by atoms with van der Waals surface area (Å²) in [5.74, 6) is -5.93. The van der Waals surface area contributed by atoms with Crippen LogP contribution in [0.25, 0.3) is 0 Å². The van der Waals surface area contributed by atoms with Gasteiger partial charge in [-0.15, -0.1) is 0 Å². The predicted molar refractivity (Wildman–Crippen MR) is 54.6 cm³/mol. The number of amides is 1. The van der Waals surface area contributed by atoms with Crippen LogP contribution < -0.4 is 10.1 Å². The molecule has 0 saturated carbocycles. The van der Waals surface area contributed by atoms with Crippen LogP contribution in [0.5, 0.6) is 5.75 Å². The monoisotopic (exact) mass is 281 g/mol. The molecule has 0 aliphatic heterocycles. The standard InChI is InChI=1S/C10H7F4NO4/c1-19-5-3-2-4(11)7(6(5)8(16)17)15-9(18)10(12,13)14/h2-3H,1H3,(H,15,18)(H,16,17). The summed E-state index contributed by atoms with van der Waals surface area (Å²) in [6.07, 6.45) is -5.27. The lowest BCUT2D eigenvalue weighted by molar-refractivity contribution is -0.167. The van der Waals surface area contributed by atoms with E-state index in [9.17, 15) is 27.2 Å². The van der Waals surface area contributed by atoms with Gasteiger partial charge >= 0.3 is 18.1 Å². The topological polar surface area (TPSA) is 75.6 Å². The van der Waals surface area contributed by atoms with Gasteiger partial charge in [-0.1, -0.05) is 0 Å². The van der Waals surface area contributed by atoms with Gasteiger partial charge in [-0.2, -0.15) is 13.2 Å². The van der Waals surface area contributed by atoms with E-state index in [-0.39, 0.29) is 5.75 Å². The average molecular weight is 281 g/mol. The van der Waals surface area contributed by atoms with Crippen LogP contribution in [0.4, 0.5) is 23.2 Å². The first-order valence-corrected chi connectivity index (χ1v) is 4.66. The lowest BCUT2D eigenvalue weighted by Crippen LogP contribution is -2.31. The summed E-state index contributed by atoms with van der Waals surface area (Å²) in [7, 11) is 1.05. The summed E-state index contributed by atoms with van der Waals surface area (Å²) in [6.45, 7) is 0. The van der Waals surface area contributed by atoms with Crippen molar-refractivity contribution in [1.82, 2.24) is 0 Å². The zero-order valence-electron chi connectivity index (χ0n) is 9.34. The molecule has 0 aliphatic rings. The Bertz CT molecular complexity index is 527. The fourth-order valence-corrected chi connectivity index (χ4v) is 1.25. The Morgan fingerprint density at radius 2 is 1.89 bits per heavy atom. The highest BCUT2D eigenvalue weighted by Gasteiger charge is 2.40. The molecule has 5 nitrogen and oxygen atoms in total. The molecule has 2 N–H and O–H groups in total. The number of halogens is 4. The van der Waals surface area contributed by atoms with Crippen molar-refractivity contribution in [3.63, 3.8) is 0 Å². The van der Waals surface area contributed by atoms with Crippen LogP contribution >= 0.6 is 0 Å². The molecule has 1 aromatic rings. The average Bonchev–Trinajstić information content (AvgIpc) is 2.29. The van der Waals surface area contributed by atoms with Crippen LogP contribution in [-0.2, 0) is 4.79 Å². The number of carbonyl (C=O) groups is 2. The molecule has 0 saturated heterocycles. The van der Waals surface area contributed by atoms with Crippen LogP contribution in [0.1, 0.15) is 10.4 Å². The van der Waals surface area contributed by atoms with Gasteiger partial charge in [0, 0.05) is 0 Å². The van der Waals surface area contributed by atoms with Gasteiger partial charge in [-0.05, 0) is 12.1 Å². The molecule has 1 aromatic carbocycles. The van der Waals surface area contributed by atoms with Crippen molar-refractivity contribution in [1.29, 1.82) is 0 Å². The zero-order chi connectivity index (χ0) is 14.8. The molecule has 1 rings (SSSR count). The van der Waals surface area contributed by atoms with Crippen molar-refractivity contribution in [3.8, 4) is 5.75 Å². The van der Waals surface area contributed by atoms with Gasteiger partial charge in [0.25, 0.3) is 0 Å². The number of hydrogen-bond donors (Lipinski definition) is 2. The second kappa shape index (κ2) is 5.12. The Labute approximate surface area is 103 Å². The number of ether oxygens (including phenoxy) is 1. The molecule has 0 fully saturated rings. The molecule has 0 radical (unpaired) electrons. The maximum atomic E-state index is 13.4. The Kier molecular flexibility index (Phi) is 3.98. The number of carboxylic acid groups (broad SMARTS) is 1. The van der Waals surface area contributed by atoms with E-state index in [2.05, 4.69) is 4.74 Å². The molecule has 0 unspecified atom stereocenters. The van der Waals surface area contributed by atoms with Gasteiger partial charge in [0.05, 0.1) is 12.8 Å². The molecule has 104 valence electrons. The summed E-state index contributed by atoms with van der Waals surface area (Å²) < 4.78 is 54.2. The maximum absolute atomic E-state index is 13.4. The van der Waals surface area contributed by atoms with Crippen molar-refractivity contribution in [2.24, 2.45) is 0 Å². The van der Waals surface area contributed by atoms with Crippen molar-refractivity contribution >= 4 is 17.6 Å². The van der Waals surface area contributed by atoms with Crippen molar-refractivity contribution < 1.29 is 37.0 Å². The number of anilines is 1. The minimum atomic E-state index is -5.27. The first-order valence-electron chi connectivity index (χ1n) is 4.66. The van der Waals surface area contributed by atoms with Crippen molar-refractivity contribution in [3.05, 3.63) is 23.5 Å². The Morgan fingerprint density at radius 1 is 1.32 bits per heavy atom. The lowest BCUT2D eigenvalue weighted by Gasteiger charge is -2.13. The number of rotatable bonds is 3. The number of carboxylic acids is 1. The van der Waals surface area contributed by atoms with Gasteiger partial charge in [-0.25, -0.2) is 9.18 Å². The molecule has 19 heavy (non-hydrogen) atoms. The van der Waals surface area contributed by atoms with Crippen LogP contribution in [0.3, 0.4) is 0 Å². The van der Waals surface area contributed by atoms with E-state index >= 15 is 0 Å². The molecule has 0 spiro atoms. The third kappa shape index (κ3) is 3.12. The number of hydrogen-bond acceptors (Lipinski definition) is 3. The van der Waals surface area contributed by atoms with E-state index in [1.165, 1.54) is 5.32 Å². The number of nitrogens with one attached hydrogen (secondary N) is 1. The summed E-state index contributed by atoms with van der Waals surface area (Å²) in [4.78, 5) is 21.6. The Balaban J connectivity index is 3.33. The molecular formula is C10H7F4NO4. The largest absolute Gasteiger partial charge is 0.496 e. The predicted octanol–water partition coefficient (Wildman–Crippen LogP) is 2.03. The Morgan fingerprint density at radius 3 is 2.32 bits per heavy atom. The van der Waals surface area contributed by atoms with Gasteiger partial charge in [0.15, 0.2) is 0 Å². The van der Waals surface area contributed by atoms with Gasteiger partial charge in [0.1, 0.15) is 17.1 Å². The van der Waals surface area contributed by atoms with Gasteiger partial charge in [0.2, 0.25) is 0 Å². The number of methoxy groups -OCH3 is 1. The molecule has 0 bridgehead atoms. The number of aromatic carboxylic acids is 1. The molecule has 9 heteroatoms. The minimum absolute atomic E-state index is 0.383. The van der Waals surface area contributed by atoms with E-state index in [1.807, 2.05) is 0 Å². The fraction of sp³-hybridized carbons (Fsp3) is 0.200. The van der Waals surface area contributed by atoms with Crippen molar-refractivity contribution in [2.75, 3.05) is 12.4 Å². The quantitative estimate of drug-likeness (QED) is 0.831. The molecule has 0 aliphatic carbocycles. The summed E-state index contributed by atoms with van der Waals surface area (Å²) in [5.41, 5.74) is -2.01. The number of alkyl halides is 3. The van der Waals surface area contributed by atoms with Gasteiger partial charge < -0.3 is 15.2 Å². The van der Waals surface area contributed by atoms with Crippen LogP contribution in [-0.4, -0.2) is 30.3 Å². The highest BCUT2D eigenvalue weighted by molar-refractivity contribution is 6.04. The number of carbonyl (C=O) groups excluding carboxylic acids is 1. The molecule has 0 heterocycles. The van der Waals surface area contributed by atoms with E-state index in [0.29, 0.717) is 6.07 Å². The zero-order valence-corrected chi connectivity index (χ0v) is 9.34. The second-order valence-electron chi connectivity index (χ2n) is 3.26. The minimum Gasteiger partial charge on any atom is -0.496 e. The summed E-state index contributed by atoms with van der Waals surface area (Å²) in [5, 5.41) is 10.0. The van der Waals surface area contributed by atoms with Crippen LogP contribution in [0.15, 0.2) is 12.1 Å². The third-order valence-electron chi connectivity index (χ3n) is 2.05. The number of benzene rings is 1. The van der Waals surface area contributed by atoms with E-state index in [1.54, 1.807) is 0 Å². The highest BCUT2D eigenvalue weighted by atomic mass is 19.4. The molecule has 0 atom stereocenters. The van der Waals surface area contributed by atoms with E-state index in [0.717, 1.165) is 13.2 Å². The van der Waals surface area contributed by atoms with Crippen LogP contribution in [0, 0.1) is 5.82 Å². The maximum Gasteiger partial charge on any atom is 0.471 e. The van der Waals surface area contributed by atoms with Crippen molar-refractivity contribution in [2.45, 2.75) is 6.18 Å². The SMILES string of the molecule is COc1ccc(F)c(NC(=O)C(F)(F)F)c1C(=O)O. The van der Waals surface area contributed by atoms with Crippen LogP contribution in [0.2, 0.25) is 0 Å². The normalized spacial score (nSPS) is 11.0. The fourth-order valence-electron chi connectivity index (χ4n) is 1.25. The second-order valence-corrected chi connectivity index (χ2v) is 3.26. The smallest absolute Gasteiger partial charge is 0.471 e. The summed E-state index contributed by atoms with van der Waals surface area (Å²) in [6, 6.07) is 1.60. The Hall–Kier alpha value is -2.32. The molecular weight excluding hydrogens is 274 g/mol. The van der Waals surface area contributed by atoms with E-state index < -0.39 is 35.1 Å². The highest BCUT2D eigenvalue weighted by Crippen LogP contribution is 2.30. The summed E-state index contributed by atoms with van der Waals surface area (Å²) >= 11 is 0. The lowest BCUT2D eigenvalue weighted by atomic mass is 10.1. The first-order chi connectivity index (χ1) is 8.68. The third-order valence-corrected chi connectivity index (χ3v) is 2.05. The van der Waals surface area contributed by atoms with Gasteiger partial charge in [-0.3, -0.25) is 4.79 Å². The first kappa shape index (κ1) is 14.7.